The van der Waals surface area contributed by atoms with E-state index in [1.807, 2.05) is 12.1 Å². The second-order valence-electron chi connectivity index (χ2n) is 6.35. The van der Waals surface area contributed by atoms with Crippen LogP contribution in [0, 0.1) is 0 Å². The number of thiazole rings is 1. The predicted molar refractivity (Wildman–Crippen MR) is 113 cm³/mol. The molecule has 148 valence electrons. The zero-order valence-electron chi connectivity index (χ0n) is 15.2. The standard InChI is InChI=1S/C20H15ClN2O4S2/c1-29(25,26)15-7-2-5-13(11-15)19(24)23(12-14-6-4-10-27-14)20-22-18-16(21)8-3-9-17(18)28-20/h2-11H,12H2,1H3. The van der Waals surface area contributed by atoms with E-state index in [2.05, 4.69) is 4.98 Å². The Hall–Kier alpha value is -2.68. The fourth-order valence-electron chi connectivity index (χ4n) is 2.82. The van der Waals surface area contributed by atoms with Crippen LogP contribution in [-0.4, -0.2) is 25.6 Å². The molecule has 2 aromatic carbocycles. The number of benzene rings is 2. The summed E-state index contributed by atoms with van der Waals surface area (Å²) in [6.07, 6.45) is 2.63. The highest BCUT2D eigenvalue weighted by Crippen LogP contribution is 2.34. The molecule has 0 fully saturated rings. The largest absolute Gasteiger partial charge is 0.467 e. The van der Waals surface area contributed by atoms with Gasteiger partial charge in [0.25, 0.3) is 5.91 Å². The Morgan fingerprint density at radius 2 is 1.97 bits per heavy atom. The van der Waals surface area contributed by atoms with Crippen LogP contribution >= 0.6 is 22.9 Å². The lowest BCUT2D eigenvalue weighted by Gasteiger charge is -2.19. The highest BCUT2D eigenvalue weighted by Gasteiger charge is 2.24. The molecule has 1 amide bonds. The zero-order chi connectivity index (χ0) is 20.6. The number of amides is 1. The van der Waals surface area contributed by atoms with Gasteiger partial charge in [-0.25, -0.2) is 13.4 Å². The van der Waals surface area contributed by atoms with E-state index in [-0.39, 0.29) is 22.9 Å². The normalized spacial score (nSPS) is 11.7. The SMILES string of the molecule is CS(=O)(=O)c1cccc(C(=O)N(Cc2ccco2)c2nc3c(Cl)cccc3s2)c1. The summed E-state index contributed by atoms with van der Waals surface area (Å²) in [5, 5.41) is 0.939. The minimum absolute atomic E-state index is 0.0774. The quantitative estimate of drug-likeness (QED) is 0.440. The number of furan rings is 1. The number of anilines is 1. The molecule has 2 aromatic heterocycles. The van der Waals surface area contributed by atoms with Crippen LogP contribution in [0.2, 0.25) is 5.02 Å². The molecule has 0 radical (unpaired) electrons. The Morgan fingerprint density at radius 1 is 1.17 bits per heavy atom. The number of hydrogen-bond donors (Lipinski definition) is 0. The third-order valence-corrected chi connectivity index (χ3v) is 6.70. The van der Waals surface area contributed by atoms with Crippen LogP contribution in [0.5, 0.6) is 0 Å². The van der Waals surface area contributed by atoms with Crippen molar-refractivity contribution in [3.63, 3.8) is 0 Å². The van der Waals surface area contributed by atoms with Crippen LogP contribution in [0.3, 0.4) is 0 Å². The maximum Gasteiger partial charge on any atom is 0.260 e. The van der Waals surface area contributed by atoms with Crippen molar-refractivity contribution < 1.29 is 17.6 Å². The van der Waals surface area contributed by atoms with Gasteiger partial charge in [0.1, 0.15) is 11.3 Å². The Kier molecular flexibility index (Phi) is 5.16. The molecule has 29 heavy (non-hydrogen) atoms. The predicted octanol–water partition coefficient (Wildman–Crippen LogP) is 4.79. The molecular weight excluding hydrogens is 432 g/mol. The summed E-state index contributed by atoms with van der Waals surface area (Å²) in [5.41, 5.74) is 0.848. The van der Waals surface area contributed by atoms with Gasteiger partial charge >= 0.3 is 0 Å². The number of carbonyl (C=O) groups is 1. The number of hydrogen-bond acceptors (Lipinski definition) is 6. The minimum Gasteiger partial charge on any atom is -0.467 e. The summed E-state index contributed by atoms with van der Waals surface area (Å²) in [6.45, 7) is 0.145. The first kappa shape index (κ1) is 19.6. The van der Waals surface area contributed by atoms with Crippen LogP contribution in [0.4, 0.5) is 5.13 Å². The summed E-state index contributed by atoms with van der Waals surface area (Å²) in [7, 11) is -3.44. The monoisotopic (exact) mass is 446 g/mol. The van der Waals surface area contributed by atoms with Crippen LogP contribution < -0.4 is 4.90 Å². The number of nitrogens with zero attached hydrogens (tertiary/aromatic N) is 2. The molecule has 0 unspecified atom stereocenters. The van der Waals surface area contributed by atoms with Gasteiger partial charge in [0.05, 0.1) is 27.4 Å². The third-order valence-electron chi connectivity index (χ3n) is 4.24. The first-order valence-electron chi connectivity index (χ1n) is 8.52. The second kappa shape index (κ2) is 7.62. The van der Waals surface area contributed by atoms with Gasteiger partial charge in [-0.2, -0.15) is 0 Å². The molecule has 9 heteroatoms. The van der Waals surface area contributed by atoms with E-state index in [1.54, 1.807) is 30.3 Å². The first-order valence-corrected chi connectivity index (χ1v) is 11.6. The van der Waals surface area contributed by atoms with Crippen molar-refractivity contribution in [2.45, 2.75) is 11.4 Å². The van der Waals surface area contributed by atoms with E-state index in [0.717, 1.165) is 11.0 Å². The van der Waals surface area contributed by atoms with E-state index in [1.165, 1.54) is 34.6 Å². The second-order valence-corrected chi connectivity index (χ2v) is 9.79. The molecule has 6 nitrogen and oxygen atoms in total. The average Bonchev–Trinajstić information content (AvgIpc) is 3.35. The molecule has 0 N–H and O–H groups in total. The number of halogens is 1. The molecule has 2 heterocycles. The van der Waals surface area contributed by atoms with Crippen LogP contribution in [-0.2, 0) is 16.4 Å². The van der Waals surface area contributed by atoms with E-state index < -0.39 is 9.84 Å². The third kappa shape index (κ3) is 4.05. The van der Waals surface area contributed by atoms with Crippen molar-refractivity contribution in [2.75, 3.05) is 11.2 Å². The molecule has 0 atom stereocenters. The Morgan fingerprint density at radius 3 is 2.66 bits per heavy atom. The van der Waals surface area contributed by atoms with Gasteiger partial charge in [-0.1, -0.05) is 35.1 Å². The smallest absolute Gasteiger partial charge is 0.260 e. The van der Waals surface area contributed by atoms with Crippen molar-refractivity contribution in [3.8, 4) is 0 Å². The van der Waals surface area contributed by atoms with Gasteiger partial charge in [0.2, 0.25) is 0 Å². The van der Waals surface area contributed by atoms with Gasteiger partial charge in [0.15, 0.2) is 15.0 Å². The Balaban J connectivity index is 1.80. The van der Waals surface area contributed by atoms with Gasteiger partial charge in [-0.05, 0) is 42.5 Å². The molecule has 0 aliphatic carbocycles. The lowest BCUT2D eigenvalue weighted by atomic mass is 10.2. The molecule has 0 saturated heterocycles. The Bertz CT molecular complexity index is 1300. The maximum atomic E-state index is 13.3. The van der Waals surface area contributed by atoms with Crippen LogP contribution in [0.1, 0.15) is 16.1 Å². The van der Waals surface area contributed by atoms with Gasteiger partial charge in [-0.3, -0.25) is 9.69 Å². The van der Waals surface area contributed by atoms with E-state index in [0.29, 0.717) is 21.4 Å². The summed E-state index contributed by atoms with van der Waals surface area (Å²) in [4.78, 5) is 19.4. The summed E-state index contributed by atoms with van der Waals surface area (Å²) in [6, 6.07) is 14.9. The molecule has 0 bridgehead atoms. The molecule has 0 aliphatic rings. The molecule has 4 aromatic rings. The van der Waals surface area contributed by atoms with E-state index in [9.17, 15) is 13.2 Å². The topological polar surface area (TPSA) is 80.5 Å². The molecule has 0 aliphatic heterocycles. The maximum absolute atomic E-state index is 13.3. The highest BCUT2D eigenvalue weighted by molar-refractivity contribution is 7.90. The summed E-state index contributed by atoms with van der Waals surface area (Å²) in [5.74, 6) is 0.185. The summed E-state index contributed by atoms with van der Waals surface area (Å²) < 4.78 is 30.0. The fourth-order valence-corrected chi connectivity index (χ4v) is 4.75. The highest BCUT2D eigenvalue weighted by atomic mass is 35.5. The van der Waals surface area contributed by atoms with Crippen LogP contribution in [0.25, 0.3) is 10.2 Å². The van der Waals surface area contributed by atoms with E-state index in [4.69, 9.17) is 16.0 Å². The van der Waals surface area contributed by atoms with E-state index >= 15 is 0 Å². The lowest BCUT2D eigenvalue weighted by Crippen LogP contribution is -2.30. The first-order chi connectivity index (χ1) is 13.8. The molecule has 4 rings (SSSR count). The average molecular weight is 447 g/mol. The van der Waals surface area contributed by atoms with Crippen LogP contribution in [0.15, 0.2) is 70.2 Å². The lowest BCUT2D eigenvalue weighted by molar-refractivity contribution is 0.0983. The number of fused-ring (bicyclic) bond motifs is 1. The molecule has 0 spiro atoms. The van der Waals surface area contributed by atoms with Gasteiger partial charge in [-0.15, -0.1) is 0 Å². The van der Waals surface area contributed by atoms with Gasteiger partial charge in [0, 0.05) is 11.8 Å². The number of aromatic nitrogens is 1. The minimum atomic E-state index is -3.44. The molecular formula is C20H15ClN2O4S2. The fraction of sp³-hybridized carbons (Fsp3) is 0.100. The Labute approximate surface area is 176 Å². The van der Waals surface area contributed by atoms with Crippen molar-refractivity contribution in [1.82, 2.24) is 4.98 Å². The van der Waals surface area contributed by atoms with Crippen molar-refractivity contribution in [1.29, 1.82) is 0 Å². The number of carbonyl (C=O) groups excluding carboxylic acids is 1. The van der Waals surface area contributed by atoms with Gasteiger partial charge < -0.3 is 4.42 Å². The van der Waals surface area contributed by atoms with Crippen molar-refractivity contribution in [2.24, 2.45) is 0 Å². The number of sulfone groups is 1. The molecule has 0 saturated carbocycles. The zero-order valence-corrected chi connectivity index (χ0v) is 17.6. The van der Waals surface area contributed by atoms with Crippen molar-refractivity contribution >= 4 is 54.0 Å². The number of rotatable bonds is 5. The van der Waals surface area contributed by atoms with Crippen molar-refractivity contribution in [3.05, 3.63) is 77.2 Å². The summed E-state index contributed by atoms with van der Waals surface area (Å²) >= 11 is 7.56. The number of para-hydroxylation sites is 1.